The molecule has 0 aliphatic carbocycles. The minimum atomic E-state index is 0.438. The average molecular weight is 344 g/mol. The maximum atomic E-state index is 6.18. The number of aromatic nitrogens is 3. The number of nitrogens with zero attached hydrogens (tertiary/aromatic N) is 3. The third-order valence-electron chi connectivity index (χ3n) is 4.09. The molecule has 1 aliphatic heterocycles. The highest BCUT2D eigenvalue weighted by Crippen LogP contribution is 2.22. The highest BCUT2D eigenvalue weighted by Gasteiger charge is 2.11. The fourth-order valence-corrected chi connectivity index (χ4v) is 3.03. The highest BCUT2D eigenvalue weighted by atomic mass is 35.5. The molecule has 24 heavy (non-hydrogen) atoms. The van der Waals surface area contributed by atoms with Gasteiger partial charge < -0.3 is 15.0 Å². The Labute approximate surface area is 144 Å². The minimum Gasteiger partial charge on any atom is -0.379 e. The molecular formula is C17H18ClN5O. The van der Waals surface area contributed by atoms with Crippen molar-refractivity contribution in [3.63, 3.8) is 0 Å². The van der Waals surface area contributed by atoms with Crippen LogP contribution in [-0.4, -0.2) is 46.2 Å². The third-order valence-corrected chi connectivity index (χ3v) is 4.38. The van der Waals surface area contributed by atoms with E-state index in [0.717, 1.165) is 49.6 Å². The lowest BCUT2D eigenvalue weighted by Crippen LogP contribution is -2.35. The molecule has 1 fully saturated rings. The number of aromatic amines is 1. The number of H-pyrrole nitrogens is 1. The van der Waals surface area contributed by atoms with Crippen LogP contribution in [0.1, 0.15) is 5.56 Å². The van der Waals surface area contributed by atoms with Crippen LogP contribution in [0, 0.1) is 0 Å². The molecule has 0 radical (unpaired) electrons. The van der Waals surface area contributed by atoms with Gasteiger partial charge in [0.1, 0.15) is 10.8 Å². The second-order valence-electron chi connectivity index (χ2n) is 5.79. The molecule has 2 N–H and O–H groups in total. The van der Waals surface area contributed by atoms with Gasteiger partial charge in [-0.25, -0.2) is 4.98 Å². The van der Waals surface area contributed by atoms with Crippen LogP contribution in [0.5, 0.6) is 0 Å². The van der Waals surface area contributed by atoms with Crippen molar-refractivity contribution in [3.8, 4) is 0 Å². The minimum absolute atomic E-state index is 0.438. The van der Waals surface area contributed by atoms with E-state index < -0.39 is 0 Å². The molecule has 1 aromatic carbocycles. The number of hydrogen-bond donors (Lipinski definition) is 2. The van der Waals surface area contributed by atoms with Crippen molar-refractivity contribution in [2.75, 3.05) is 31.6 Å². The van der Waals surface area contributed by atoms with Crippen molar-refractivity contribution in [3.05, 3.63) is 47.2 Å². The first-order valence-electron chi connectivity index (χ1n) is 7.95. The van der Waals surface area contributed by atoms with Crippen LogP contribution in [0.3, 0.4) is 0 Å². The van der Waals surface area contributed by atoms with Gasteiger partial charge in [-0.1, -0.05) is 23.7 Å². The van der Waals surface area contributed by atoms with Crippen molar-refractivity contribution in [1.82, 2.24) is 19.9 Å². The lowest BCUT2D eigenvalue weighted by molar-refractivity contribution is 0.0342. The Bertz CT molecular complexity index is 827. The molecule has 3 heterocycles. The smallest absolute Gasteiger partial charge is 0.230 e. The zero-order valence-corrected chi connectivity index (χ0v) is 13.9. The summed E-state index contributed by atoms with van der Waals surface area (Å²) >= 11 is 6.18. The number of anilines is 2. The number of rotatable bonds is 4. The molecule has 1 aliphatic rings. The molecule has 0 atom stereocenters. The zero-order chi connectivity index (χ0) is 16.4. The zero-order valence-electron chi connectivity index (χ0n) is 13.1. The van der Waals surface area contributed by atoms with Crippen molar-refractivity contribution in [1.29, 1.82) is 0 Å². The van der Waals surface area contributed by atoms with Gasteiger partial charge in [-0.15, -0.1) is 0 Å². The summed E-state index contributed by atoms with van der Waals surface area (Å²) in [7, 11) is 0. The highest BCUT2D eigenvalue weighted by molar-refractivity contribution is 6.34. The Morgan fingerprint density at radius 1 is 1.12 bits per heavy atom. The van der Waals surface area contributed by atoms with Crippen LogP contribution in [0.2, 0.25) is 5.15 Å². The van der Waals surface area contributed by atoms with Gasteiger partial charge in [-0.2, -0.15) is 4.98 Å². The largest absolute Gasteiger partial charge is 0.379 e. The van der Waals surface area contributed by atoms with E-state index in [9.17, 15) is 0 Å². The molecule has 1 saturated heterocycles. The lowest BCUT2D eigenvalue weighted by Gasteiger charge is -2.26. The second kappa shape index (κ2) is 6.76. The number of morpholine rings is 1. The molecule has 7 heteroatoms. The Morgan fingerprint density at radius 3 is 2.71 bits per heavy atom. The second-order valence-corrected chi connectivity index (χ2v) is 6.15. The van der Waals surface area contributed by atoms with Crippen molar-refractivity contribution < 1.29 is 4.74 Å². The predicted octanol–water partition coefficient (Wildman–Crippen LogP) is 3.19. The van der Waals surface area contributed by atoms with Crippen LogP contribution in [-0.2, 0) is 11.3 Å². The Morgan fingerprint density at radius 2 is 1.92 bits per heavy atom. The maximum absolute atomic E-state index is 6.18. The van der Waals surface area contributed by atoms with Crippen LogP contribution in [0.4, 0.5) is 11.6 Å². The van der Waals surface area contributed by atoms with E-state index in [2.05, 4.69) is 37.3 Å². The average Bonchev–Trinajstić information content (AvgIpc) is 3.07. The van der Waals surface area contributed by atoms with E-state index in [-0.39, 0.29) is 0 Å². The van der Waals surface area contributed by atoms with Gasteiger partial charge in [0.05, 0.1) is 18.6 Å². The third kappa shape index (κ3) is 3.36. The molecule has 0 amide bonds. The fourth-order valence-electron chi connectivity index (χ4n) is 2.80. The molecule has 6 nitrogen and oxygen atoms in total. The van der Waals surface area contributed by atoms with E-state index in [0.29, 0.717) is 11.1 Å². The lowest BCUT2D eigenvalue weighted by atomic mass is 10.2. The number of halogens is 1. The molecule has 124 valence electrons. The number of nitrogens with one attached hydrogen (secondary N) is 2. The molecular weight excluding hydrogens is 326 g/mol. The van der Waals surface area contributed by atoms with Crippen molar-refractivity contribution >= 4 is 34.3 Å². The molecule has 2 aromatic heterocycles. The molecule has 0 unspecified atom stereocenters. The van der Waals surface area contributed by atoms with E-state index in [4.69, 9.17) is 16.3 Å². The summed E-state index contributed by atoms with van der Waals surface area (Å²) in [6.07, 6.45) is 1.80. The fraction of sp³-hybridized carbons (Fsp3) is 0.294. The van der Waals surface area contributed by atoms with Crippen molar-refractivity contribution in [2.24, 2.45) is 0 Å². The van der Waals surface area contributed by atoms with Gasteiger partial charge in [0.25, 0.3) is 0 Å². The van der Waals surface area contributed by atoms with Crippen LogP contribution in [0.15, 0.2) is 36.5 Å². The van der Waals surface area contributed by atoms with Gasteiger partial charge in [0.15, 0.2) is 0 Å². The first-order valence-corrected chi connectivity index (χ1v) is 8.32. The summed E-state index contributed by atoms with van der Waals surface area (Å²) in [6, 6.07) is 10.2. The summed E-state index contributed by atoms with van der Waals surface area (Å²) in [5.74, 6) is 0.482. The molecule has 0 bridgehead atoms. The molecule has 0 saturated carbocycles. The summed E-state index contributed by atoms with van der Waals surface area (Å²) < 4.78 is 5.38. The van der Waals surface area contributed by atoms with E-state index in [1.165, 1.54) is 5.56 Å². The predicted molar refractivity (Wildman–Crippen MR) is 94.7 cm³/mol. The molecule has 0 spiro atoms. The summed E-state index contributed by atoms with van der Waals surface area (Å²) in [5, 5.41) is 4.46. The number of fused-ring (bicyclic) bond motifs is 1. The Hall–Kier alpha value is -2.15. The molecule has 3 aromatic rings. The quantitative estimate of drug-likeness (QED) is 0.712. The SMILES string of the molecule is Clc1nc(Nc2ccc(CN3CCOCC3)cc2)nc2[nH]ccc12. The van der Waals surface area contributed by atoms with Gasteiger partial charge in [-0.3, -0.25) is 4.90 Å². The number of hydrogen-bond acceptors (Lipinski definition) is 5. The van der Waals surface area contributed by atoms with Gasteiger partial charge in [0.2, 0.25) is 5.95 Å². The van der Waals surface area contributed by atoms with Gasteiger partial charge >= 0.3 is 0 Å². The first-order chi connectivity index (χ1) is 11.8. The summed E-state index contributed by atoms with van der Waals surface area (Å²) in [4.78, 5) is 14.2. The Kier molecular flexibility index (Phi) is 4.34. The monoisotopic (exact) mass is 343 g/mol. The van der Waals surface area contributed by atoms with Gasteiger partial charge in [-0.05, 0) is 23.8 Å². The van der Waals surface area contributed by atoms with E-state index in [1.807, 2.05) is 18.2 Å². The van der Waals surface area contributed by atoms with E-state index in [1.54, 1.807) is 6.20 Å². The summed E-state index contributed by atoms with van der Waals surface area (Å²) in [6.45, 7) is 4.56. The van der Waals surface area contributed by atoms with Crippen LogP contribution >= 0.6 is 11.6 Å². The van der Waals surface area contributed by atoms with Crippen LogP contribution in [0.25, 0.3) is 11.0 Å². The maximum Gasteiger partial charge on any atom is 0.230 e. The van der Waals surface area contributed by atoms with E-state index >= 15 is 0 Å². The number of benzene rings is 1. The summed E-state index contributed by atoms with van der Waals surface area (Å²) in [5.41, 5.74) is 2.94. The van der Waals surface area contributed by atoms with Crippen LogP contribution < -0.4 is 5.32 Å². The topological polar surface area (TPSA) is 66.1 Å². The first kappa shape index (κ1) is 15.4. The van der Waals surface area contributed by atoms with Crippen molar-refractivity contribution in [2.45, 2.75) is 6.54 Å². The Balaban J connectivity index is 1.46. The molecule has 4 rings (SSSR count). The normalized spacial score (nSPS) is 15.7. The number of ether oxygens (including phenoxy) is 1. The van der Waals surface area contributed by atoms with Gasteiger partial charge in [0, 0.05) is 31.5 Å². The standard InChI is InChI=1S/C17H18ClN5O/c18-15-14-5-6-19-16(14)22-17(21-15)20-13-3-1-12(2-4-13)11-23-7-9-24-10-8-23/h1-6H,7-11H2,(H2,19,20,21,22).